The van der Waals surface area contributed by atoms with E-state index in [9.17, 15) is 18.3 Å². The SMILES string of the molecule is O=C(CN1CCC[C@H]1CO)N1CCN(S(=O)(=O)c2ccc(Cl)cc2)CC1. The van der Waals surface area contributed by atoms with Crippen LogP contribution in [0.2, 0.25) is 5.02 Å². The normalized spacial score (nSPS) is 22.7. The zero-order valence-corrected chi connectivity index (χ0v) is 16.1. The van der Waals surface area contributed by atoms with Crippen molar-refractivity contribution < 1.29 is 18.3 Å². The summed E-state index contributed by atoms with van der Waals surface area (Å²) in [7, 11) is -3.57. The zero-order chi connectivity index (χ0) is 18.7. The van der Waals surface area contributed by atoms with Gasteiger partial charge < -0.3 is 10.0 Å². The van der Waals surface area contributed by atoms with Crippen molar-refractivity contribution in [2.75, 3.05) is 45.9 Å². The maximum Gasteiger partial charge on any atom is 0.243 e. The van der Waals surface area contributed by atoms with E-state index in [0.717, 1.165) is 19.4 Å². The van der Waals surface area contributed by atoms with E-state index in [-0.39, 0.29) is 43.1 Å². The average molecular weight is 402 g/mol. The number of hydrogen-bond donors (Lipinski definition) is 1. The summed E-state index contributed by atoms with van der Waals surface area (Å²) in [6.07, 6.45) is 1.91. The molecule has 26 heavy (non-hydrogen) atoms. The van der Waals surface area contributed by atoms with Crippen LogP contribution >= 0.6 is 11.6 Å². The number of likely N-dealkylation sites (tertiary alicyclic amines) is 1. The standard InChI is InChI=1S/C17H24ClN3O4S/c18-14-3-5-16(6-4-14)26(24,25)21-10-8-19(9-11-21)17(23)12-20-7-1-2-15(20)13-22/h3-6,15,22H,1-2,7-13H2/t15-/m0/s1. The molecule has 7 nitrogen and oxygen atoms in total. The molecule has 1 N–H and O–H groups in total. The van der Waals surface area contributed by atoms with Crippen molar-refractivity contribution in [1.29, 1.82) is 0 Å². The summed E-state index contributed by atoms with van der Waals surface area (Å²) in [5.41, 5.74) is 0. The molecule has 2 heterocycles. The Bertz CT molecular complexity index is 733. The second-order valence-corrected chi connectivity index (χ2v) is 9.06. The van der Waals surface area contributed by atoms with Crippen molar-refractivity contribution in [2.45, 2.75) is 23.8 Å². The number of sulfonamides is 1. The van der Waals surface area contributed by atoms with Gasteiger partial charge in [-0.3, -0.25) is 9.69 Å². The summed E-state index contributed by atoms with van der Waals surface area (Å²) < 4.78 is 26.8. The van der Waals surface area contributed by atoms with E-state index in [1.165, 1.54) is 16.4 Å². The fourth-order valence-electron chi connectivity index (χ4n) is 3.52. The number of amides is 1. The molecule has 0 saturated carbocycles. The van der Waals surface area contributed by atoms with Gasteiger partial charge in [-0.2, -0.15) is 4.31 Å². The molecule has 144 valence electrons. The van der Waals surface area contributed by atoms with Crippen LogP contribution in [0.3, 0.4) is 0 Å². The molecule has 1 aromatic carbocycles. The molecule has 1 atom stereocenters. The van der Waals surface area contributed by atoms with Gasteiger partial charge in [0, 0.05) is 37.2 Å². The van der Waals surface area contributed by atoms with Crippen LogP contribution in [-0.4, -0.2) is 85.5 Å². The summed E-state index contributed by atoms with van der Waals surface area (Å²) in [5.74, 6) is -0.00566. The predicted octanol–water partition coefficient (Wildman–Crippen LogP) is 0.630. The lowest BCUT2D eigenvalue weighted by Gasteiger charge is -2.35. The minimum absolute atomic E-state index is 0.00566. The van der Waals surface area contributed by atoms with Crippen molar-refractivity contribution in [3.8, 4) is 0 Å². The Hall–Kier alpha value is -1.19. The molecular weight excluding hydrogens is 378 g/mol. The quantitative estimate of drug-likeness (QED) is 0.782. The molecule has 9 heteroatoms. The molecule has 2 aliphatic rings. The number of hydrogen-bond acceptors (Lipinski definition) is 5. The summed E-state index contributed by atoms with van der Waals surface area (Å²) in [6, 6.07) is 6.17. The highest BCUT2D eigenvalue weighted by molar-refractivity contribution is 7.89. The molecule has 0 spiro atoms. The maximum absolute atomic E-state index is 12.7. The number of halogens is 1. The fraction of sp³-hybridized carbons (Fsp3) is 0.588. The Labute approximate surface area is 159 Å². The Kier molecular flexibility index (Phi) is 6.19. The lowest BCUT2D eigenvalue weighted by atomic mass is 10.2. The summed E-state index contributed by atoms with van der Waals surface area (Å²) in [6.45, 7) is 2.49. The number of aliphatic hydroxyl groups excluding tert-OH is 1. The van der Waals surface area contributed by atoms with Crippen LogP contribution in [0.1, 0.15) is 12.8 Å². The zero-order valence-electron chi connectivity index (χ0n) is 14.6. The van der Waals surface area contributed by atoms with Crippen molar-refractivity contribution >= 4 is 27.5 Å². The van der Waals surface area contributed by atoms with Gasteiger partial charge in [-0.05, 0) is 43.7 Å². The highest BCUT2D eigenvalue weighted by Gasteiger charge is 2.32. The van der Waals surface area contributed by atoms with Crippen LogP contribution < -0.4 is 0 Å². The van der Waals surface area contributed by atoms with E-state index in [1.807, 2.05) is 4.90 Å². The maximum atomic E-state index is 12.7. The first kappa shape index (κ1) is 19.6. The molecule has 0 bridgehead atoms. The van der Waals surface area contributed by atoms with E-state index < -0.39 is 10.0 Å². The summed E-state index contributed by atoms with van der Waals surface area (Å²) in [4.78, 5) is 16.4. The molecule has 2 saturated heterocycles. The van der Waals surface area contributed by atoms with Crippen LogP contribution in [0.5, 0.6) is 0 Å². The average Bonchev–Trinajstić information content (AvgIpc) is 3.09. The van der Waals surface area contributed by atoms with E-state index >= 15 is 0 Å². The molecule has 0 radical (unpaired) electrons. The van der Waals surface area contributed by atoms with Gasteiger partial charge in [-0.1, -0.05) is 11.6 Å². The fourth-order valence-corrected chi connectivity index (χ4v) is 5.07. The molecule has 0 aliphatic carbocycles. The van der Waals surface area contributed by atoms with Crippen LogP contribution in [0.25, 0.3) is 0 Å². The van der Waals surface area contributed by atoms with Crippen LogP contribution in [0, 0.1) is 0 Å². The molecule has 0 unspecified atom stereocenters. The van der Waals surface area contributed by atoms with E-state index in [0.29, 0.717) is 18.1 Å². The van der Waals surface area contributed by atoms with E-state index in [4.69, 9.17) is 11.6 Å². The van der Waals surface area contributed by atoms with Gasteiger partial charge >= 0.3 is 0 Å². The Morgan fingerprint density at radius 1 is 1.12 bits per heavy atom. The van der Waals surface area contributed by atoms with Crippen LogP contribution in [-0.2, 0) is 14.8 Å². The van der Waals surface area contributed by atoms with Crippen molar-refractivity contribution in [2.24, 2.45) is 0 Å². The minimum Gasteiger partial charge on any atom is -0.395 e. The minimum atomic E-state index is -3.57. The van der Waals surface area contributed by atoms with Crippen LogP contribution in [0.15, 0.2) is 29.2 Å². The van der Waals surface area contributed by atoms with Gasteiger partial charge in [0.1, 0.15) is 0 Å². The second-order valence-electron chi connectivity index (χ2n) is 6.69. The number of carbonyl (C=O) groups is 1. The van der Waals surface area contributed by atoms with Crippen molar-refractivity contribution in [1.82, 2.24) is 14.1 Å². The molecule has 1 aromatic rings. The predicted molar refractivity (Wildman–Crippen MR) is 98.5 cm³/mol. The Morgan fingerprint density at radius 3 is 2.38 bits per heavy atom. The third kappa shape index (κ3) is 4.20. The second kappa shape index (κ2) is 8.22. The molecular formula is C17H24ClN3O4S. The largest absolute Gasteiger partial charge is 0.395 e. The smallest absolute Gasteiger partial charge is 0.243 e. The van der Waals surface area contributed by atoms with E-state index in [1.54, 1.807) is 17.0 Å². The number of benzene rings is 1. The Balaban J connectivity index is 1.56. The topological polar surface area (TPSA) is 81.2 Å². The van der Waals surface area contributed by atoms with Gasteiger partial charge in [-0.25, -0.2) is 8.42 Å². The molecule has 1 amide bonds. The molecule has 0 aromatic heterocycles. The monoisotopic (exact) mass is 401 g/mol. The van der Waals surface area contributed by atoms with Gasteiger partial charge in [0.2, 0.25) is 15.9 Å². The Morgan fingerprint density at radius 2 is 1.77 bits per heavy atom. The third-order valence-corrected chi connectivity index (χ3v) is 7.26. The highest BCUT2D eigenvalue weighted by Crippen LogP contribution is 2.21. The van der Waals surface area contributed by atoms with Gasteiger partial charge in [0.25, 0.3) is 0 Å². The summed E-state index contributed by atoms with van der Waals surface area (Å²) >= 11 is 5.82. The highest BCUT2D eigenvalue weighted by atomic mass is 35.5. The molecule has 2 fully saturated rings. The number of aliphatic hydroxyl groups is 1. The van der Waals surface area contributed by atoms with Gasteiger partial charge in [0.05, 0.1) is 18.0 Å². The lowest BCUT2D eigenvalue weighted by Crippen LogP contribution is -2.53. The van der Waals surface area contributed by atoms with Crippen molar-refractivity contribution in [3.05, 3.63) is 29.3 Å². The molecule has 3 rings (SSSR count). The lowest BCUT2D eigenvalue weighted by molar-refractivity contribution is -0.134. The summed E-state index contributed by atoms with van der Waals surface area (Å²) in [5, 5.41) is 9.85. The molecule has 2 aliphatic heterocycles. The number of piperazine rings is 1. The van der Waals surface area contributed by atoms with Crippen molar-refractivity contribution in [3.63, 3.8) is 0 Å². The van der Waals surface area contributed by atoms with Crippen LogP contribution in [0.4, 0.5) is 0 Å². The first-order valence-corrected chi connectivity index (χ1v) is 10.6. The van der Waals surface area contributed by atoms with Gasteiger partial charge in [0.15, 0.2) is 0 Å². The third-order valence-electron chi connectivity index (χ3n) is 5.09. The number of carbonyl (C=O) groups excluding carboxylic acids is 1. The van der Waals surface area contributed by atoms with E-state index in [2.05, 4.69) is 0 Å². The number of nitrogens with zero attached hydrogens (tertiary/aromatic N) is 3. The van der Waals surface area contributed by atoms with Gasteiger partial charge in [-0.15, -0.1) is 0 Å². The first-order valence-electron chi connectivity index (χ1n) is 8.80. The first-order chi connectivity index (χ1) is 12.4. The number of rotatable bonds is 5.